The Morgan fingerprint density at radius 2 is 2.19 bits per heavy atom. The van der Waals surface area contributed by atoms with Crippen LogP contribution in [0.1, 0.15) is 23.9 Å². The topological polar surface area (TPSA) is 99.4 Å². The van der Waals surface area contributed by atoms with Gasteiger partial charge in [-0.25, -0.2) is 8.42 Å². The molecule has 0 radical (unpaired) electrons. The van der Waals surface area contributed by atoms with Gasteiger partial charge in [0.05, 0.1) is 7.11 Å². The van der Waals surface area contributed by atoms with E-state index in [1.165, 1.54) is 14.0 Å². The summed E-state index contributed by atoms with van der Waals surface area (Å²) in [5, 5.41) is 2.64. The minimum Gasteiger partial charge on any atom is -0.469 e. The summed E-state index contributed by atoms with van der Waals surface area (Å²) in [5.74, 6) is -0.444. The van der Waals surface area contributed by atoms with Crippen molar-refractivity contribution in [2.75, 3.05) is 13.4 Å². The summed E-state index contributed by atoms with van der Waals surface area (Å²) < 4.78 is 31.5. The first-order valence-corrected chi connectivity index (χ1v) is 6.38. The van der Waals surface area contributed by atoms with Gasteiger partial charge in [-0.2, -0.15) is 4.98 Å². The van der Waals surface area contributed by atoms with Crippen molar-refractivity contribution in [3.05, 3.63) is 11.7 Å². The number of hydrogen-bond donors (Lipinski definition) is 0. The lowest BCUT2D eigenvalue weighted by atomic mass is 10.4. The minimum atomic E-state index is -3.28. The predicted octanol–water partition coefficient (Wildman–Crippen LogP) is -0.109. The maximum Gasteiger partial charge on any atom is 0.315 e. The molecule has 0 bridgehead atoms. The van der Waals surface area contributed by atoms with Crippen molar-refractivity contribution in [2.45, 2.75) is 18.6 Å². The van der Waals surface area contributed by atoms with Crippen molar-refractivity contribution in [1.29, 1.82) is 0 Å². The first-order valence-electron chi connectivity index (χ1n) is 4.42. The van der Waals surface area contributed by atoms with Crippen LogP contribution < -0.4 is 0 Å². The maximum atomic E-state index is 11.2. The van der Waals surface area contributed by atoms with Crippen LogP contribution in [0.3, 0.4) is 0 Å². The van der Waals surface area contributed by atoms with Crippen LogP contribution in [0.2, 0.25) is 0 Å². The fourth-order valence-corrected chi connectivity index (χ4v) is 1.37. The van der Waals surface area contributed by atoms with Crippen LogP contribution in [0.25, 0.3) is 0 Å². The lowest BCUT2D eigenvalue weighted by Gasteiger charge is -2.01. The summed E-state index contributed by atoms with van der Waals surface area (Å²) in [4.78, 5) is 14.7. The zero-order valence-corrected chi connectivity index (χ0v) is 9.94. The van der Waals surface area contributed by atoms with E-state index in [4.69, 9.17) is 4.52 Å². The van der Waals surface area contributed by atoms with E-state index in [-0.39, 0.29) is 18.1 Å². The van der Waals surface area contributed by atoms with Crippen LogP contribution in [0.5, 0.6) is 0 Å². The summed E-state index contributed by atoms with van der Waals surface area (Å²) in [6, 6.07) is 0. The molecule has 0 aromatic carbocycles. The number of esters is 1. The van der Waals surface area contributed by atoms with Gasteiger partial charge in [0, 0.05) is 6.26 Å². The molecule has 1 aromatic rings. The third-order valence-electron chi connectivity index (χ3n) is 2.01. The van der Waals surface area contributed by atoms with Crippen LogP contribution in [0.15, 0.2) is 4.52 Å². The molecule has 0 fully saturated rings. The number of rotatable bonds is 4. The largest absolute Gasteiger partial charge is 0.469 e. The fourth-order valence-electron chi connectivity index (χ4n) is 0.892. The Morgan fingerprint density at radius 3 is 2.69 bits per heavy atom. The van der Waals surface area contributed by atoms with E-state index in [1.807, 2.05) is 0 Å². The monoisotopic (exact) mass is 248 g/mol. The fraction of sp³-hybridized carbons (Fsp3) is 0.625. The van der Waals surface area contributed by atoms with E-state index < -0.39 is 21.1 Å². The number of hydrogen-bond acceptors (Lipinski definition) is 7. The lowest BCUT2D eigenvalue weighted by Crippen LogP contribution is -2.10. The van der Waals surface area contributed by atoms with Gasteiger partial charge in [0.2, 0.25) is 5.89 Å². The molecule has 0 N–H and O–H groups in total. The van der Waals surface area contributed by atoms with Gasteiger partial charge in [-0.3, -0.25) is 4.79 Å². The van der Waals surface area contributed by atoms with Crippen molar-refractivity contribution >= 4 is 15.8 Å². The average Bonchev–Trinajstić information content (AvgIpc) is 2.63. The first kappa shape index (κ1) is 12.6. The molecular formula is C8H12N2O5S. The van der Waals surface area contributed by atoms with E-state index in [0.29, 0.717) is 0 Å². The number of aromatic nitrogens is 2. The Labute approximate surface area is 92.7 Å². The number of carbonyl (C=O) groups is 1. The Balaban J connectivity index is 2.83. The number of carbonyl (C=O) groups excluding carboxylic acids is 1. The Bertz CT molecular complexity index is 478. The second-order valence-corrected chi connectivity index (χ2v) is 5.64. The van der Waals surface area contributed by atoms with Gasteiger partial charge >= 0.3 is 5.97 Å². The standard InChI is InChI=1S/C8H12N2O5S/c1-5(16(3,12)13)8-9-6(15-10-8)4-7(11)14-2/h5H,4H2,1-3H3. The second kappa shape index (κ2) is 4.60. The number of methoxy groups -OCH3 is 1. The molecule has 1 heterocycles. The molecule has 0 saturated heterocycles. The summed E-state index contributed by atoms with van der Waals surface area (Å²) in [6.45, 7) is 1.45. The Hall–Kier alpha value is -1.44. The van der Waals surface area contributed by atoms with E-state index in [1.54, 1.807) is 0 Å². The quantitative estimate of drug-likeness (QED) is 0.685. The molecule has 1 atom stereocenters. The summed E-state index contributed by atoms with van der Waals surface area (Å²) >= 11 is 0. The van der Waals surface area contributed by atoms with Crippen molar-refractivity contribution in [1.82, 2.24) is 10.1 Å². The first-order chi connectivity index (χ1) is 7.34. The third kappa shape index (κ3) is 3.02. The highest BCUT2D eigenvalue weighted by atomic mass is 32.2. The smallest absolute Gasteiger partial charge is 0.315 e. The van der Waals surface area contributed by atoms with E-state index in [0.717, 1.165) is 6.26 Å². The minimum absolute atomic E-state index is 0.0392. The number of nitrogens with zero attached hydrogens (tertiary/aromatic N) is 2. The SMILES string of the molecule is COC(=O)Cc1nc(C(C)S(C)(=O)=O)no1. The molecule has 90 valence electrons. The van der Waals surface area contributed by atoms with Crippen molar-refractivity contribution in [3.8, 4) is 0 Å². The van der Waals surface area contributed by atoms with Gasteiger partial charge in [0.15, 0.2) is 15.7 Å². The molecule has 0 amide bonds. The summed E-state index contributed by atoms with van der Waals surface area (Å²) in [6.07, 6.45) is 0.911. The maximum absolute atomic E-state index is 11.2. The van der Waals surface area contributed by atoms with Crippen molar-refractivity contribution in [2.24, 2.45) is 0 Å². The van der Waals surface area contributed by atoms with E-state index >= 15 is 0 Å². The molecule has 0 spiro atoms. The van der Waals surface area contributed by atoms with Gasteiger partial charge in [0.25, 0.3) is 0 Å². The zero-order valence-electron chi connectivity index (χ0n) is 9.13. The van der Waals surface area contributed by atoms with Gasteiger partial charge in [-0.15, -0.1) is 0 Å². The molecule has 0 aliphatic rings. The van der Waals surface area contributed by atoms with E-state index in [9.17, 15) is 13.2 Å². The molecular weight excluding hydrogens is 236 g/mol. The summed E-state index contributed by atoms with van der Waals surface area (Å²) in [5.41, 5.74) is 0. The van der Waals surface area contributed by atoms with Crippen LogP contribution in [0, 0.1) is 0 Å². The van der Waals surface area contributed by atoms with Crippen LogP contribution in [0.4, 0.5) is 0 Å². The van der Waals surface area contributed by atoms with Crippen LogP contribution in [-0.2, 0) is 25.8 Å². The highest BCUT2D eigenvalue weighted by Gasteiger charge is 2.23. The van der Waals surface area contributed by atoms with Crippen LogP contribution >= 0.6 is 0 Å². The molecule has 16 heavy (non-hydrogen) atoms. The highest BCUT2D eigenvalue weighted by Crippen LogP contribution is 2.17. The molecule has 0 aliphatic carbocycles. The molecule has 1 rings (SSSR count). The normalized spacial score (nSPS) is 13.4. The molecule has 8 heteroatoms. The van der Waals surface area contributed by atoms with Gasteiger partial charge in [0.1, 0.15) is 11.7 Å². The summed E-state index contributed by atoms with van der Waals surface area (Å²) in [7, 11) is -2.04. The molecule has 0 saturated carbocycles. The molecule has 1 unspecified atom stereocenters. The van der Waals surface area contributed by atoms with Gasteiger partial charge in [-0.05, 0) is 6.92 Å². The number of ether oxygens (including phenoxy) is 1. The van der Waals surface area contributed by atoms with Gasteiger partial charge in [-0.1, -0.05) is 5.16 Å². The average molecular weight is 248 g/mol. The second-order valence-electron chi connectivity index (χ2n) is 3.27. The molecule has 7 nitrogen and oxygen atoms in total. The van der Waals surface area contributed by atoms with Gasteiger partial charge < -0.3 is 9.26 Å². The molecule has 1 aromatic heterocycles. The van der Waals surface area contributed by atoms with E-state index in [2.05, 4.69) is 14.9 Å². The highest BCUT2D eigenvalue weighted by molar-refractivity contribution is 7.90. The Morgan fingerprint density at radius 1 is 1.56 bits per heavy atom. The Kier molecular flexibility index (Phi) is 3.63. The third-order valence-corrected chi connectivity index (χ3v) is 3.51. The predicted molar refractivity (Wildman–Crippen MR) is 53.3 cm³/mol. The lowest BCUT2D eigenvalue weighted by molar-refractivity contribution is -0.140. The number of sulfone groups is 1. The van der Waals surface area contributed by atoms with Crippen LogP contribution in [-0.4, -0.2) is 37.9 Å². The zero-order chi connectivity index (χ0) is 12.3. The van der Waals surface area contributed by atoms with Crippen molar-refractivity contribution < 1.29 is 22.5 Å². The molecule has 0 aliphatic heterocycles. The van der Waals surface area contributed by atoms with Crippen molar-refractivity contribution in [3.63, 3.8) is 0 Å².